The van der Waals surface area contributed by atoms with Crippen LogP contribution < -0.4 is 0 Å². The molecule has 6 nitrogen and oxygen atoms in total. The fraction of sp³-hybridized carbons (Fsp3) is 0.0870. The Kier molecular flexibility index (Phi) is 5.84. The van der Waals surface area contributed by atoms with Crippen LogP contribution in [-0.4, -0.2) is 18.2 Å². The van der Waals surface area contributed by atoms with Gasteiger partial charge in [-0.2, -0.15) is 15.0 Å². The van der Waals surface area contributed by atoms with Gasteiger partial charge in [0.05, 0.1) is 17.1 Å². The Balaban J connectivity index is 2.17. The summed E-state index contributed by atoms with van der Waals surface area (Å²) >= 11 is 0. The van der Waals surface area contributed by atoms with E-state index in [1.54, 1.807) is 36.4 Å². The number of rotatable bonds is 6. The van der Waals surface area contributed by atoms with Gasteiger partial charge < -0.3 is 0 Å². The number of aliphatic imine (C=N–C) groups is 3. The molecule has 0 saturated heterocycles. The molecule has 0 radical (unpaired) electrons. The van der Waals surface area contributed by atoms with Crippen LogP contribution in [0.15, 0.2) is 87.8 Å². The highest BCUT2D eigenvalue weighted by Crippen LogP contribution is 2.40. The summed E-state index contributed by atoms with van der Waals surface area (Å²) in [5.41, 5.74) is 3.84. The molecule has 29 heavy (non-hydrogen) atoms. The van der Waals surface area contributed by atoms with E-state index in [0.717, 1.165) is 16.7 Å². The molecule has 0 aliphatic rings. The van der Waals surface area contributed by atoms with Crippen molar-refractivity contribution < 1.29 is 14.4 Å². The van der Waals surface area contributed by atoms with Gasteiger partial charge in [0.2, 0.25) is 18.2 Å². The molecule has 0 heterocycles. The lowest BCUT2D eigenvalue weighted by molar-refractivity contribution is 0.564. The van der Waals surface area contributed by atoms with Gasteiger partial charge in [-0.25, -0.2) is 14.4 Å². The van der Waals surface area contributed by atoms with Gasteiger partial charge in [-0.05, 0) is 60.0 Å². The number of isocyanates is 3. The molecule has 0 aromatic heterocycles. The molecular formula is C23H15N3O3. The van der Waals surface area contributed by atoms with E-state index in [9.17, 15) is 14.4 Å². The van der Waals surface area contributed by atoms with E-state index in [4.69, 9.17) is 0 Å². The van der Waals surface area contributed by atoms with Crippen LogP contribution in [0, 0.1) is 0 Å². The first-order valence-corrected chi connectivity index (χ1v) is 8.67. The third-order valence-corrected chi connectivity index (χ3v) is 4.86. The Hall–Kier alpha value is -4.20. The Morgan fingerprint density at radius 1 is 0.517 bits per heavy atom. The first kappa shape index (κ1) is 19.6. The molecule has 0 N–H and O–H groups in total. The van der Waals surface area contributed by atoms with Gasteiger partial charge in [0.1, 0.15) is 0 Å². The number of hydrogen-bond donors (Lipinski definition) is 0. The van der Waals surface area contributed by atoms with Gasteiger partial charge in [0.15, 0.2) is 0 Å². The lowest BCUT2D eigenvalue weighted by Gasteiger charge is -2.32. The minimum Gasteiger partial charge on any atom is -0.211 e. The fourth-order valence-electron chi connectivity index (χ4n) is 3.27. The van der Waals surface area contributed by atoms with Gasteiger partial charge in [-0.15, -0.1) is 0 Å². The van der Waals surface area contributed by atoms with Crippen LogP contribution in [0.3, 0.4) is 0 Å². The van der Waals surface area contributed by atoms with E-state index in [0.29, 0.717) is 17.1 Å². The second kappa shape index (κ2) is 8.66. The summed E-state index contributed by atoms with van der Waals surface area (Å²) in [5, 5.41) is 0. The van der Waals surface area contributed by atoms with E-state index >= 15 is 0 Å². The maximum Gasteiger partial charge on any atom is 0.240 e. The molecule has 0 atom stereocenters. The largest absolute Gasteiger partial charge is 0.240 e. The molecule has 0 aliphatic heterocycles. The third-order valence-electron chi connectivity index (χ3n) is 4.86. The maximum absolute atomic E-state index is 10.5. The highest BCUT2D eigenvalue weighted by Gasteiger charge is 2.31. The molecule has 3 rings (SSSR count). The smallest absolute Gasteiger partial charge is 0.211 e. The minimum atomic E-state index is -0.573. The lowest BCUT2D eigenvalue weighted by atomic mass is 9.71. The van der Waals surface area contributed by atoms with Crippen LogP contribution in [0.1, 0.15) is 23.6 Å². The Bertz CT molecular complexity index is 999. The van der Waals surface area contributed by atoms with Crippen molar-refractivity contribution >= 4 is 35.3 Å². The molecule has 6 heteroatoms. The van der Waals surface area contributed by atoms with Crippen molar-refractivity contribution in [1.82, 2.24) is 0 Å². The van der Waals surface area contributed by atoms with Gasteiger partial charge in [0.25, 0.3) is 0 Å². The van der Waals surface area contributed by atoms with Crippen LogP contribution in [0.4, 0.5) is 17.1 Å². The van der Waals surface area contributed by atoms with Gasteiger partial charge >= 0.3 is 0 Å². The van der Waals surface area contributed by atoms with Crippen molar-refractivity contribution in [2.75, 3.05) is 0 Å². The summed E-state index contributed by atoms with van der Waals surface area (Å²) in [7, 11) is 0. The van der Waals surface area contributed by atoms with Crippen LogP contribution in [0.5, 0.6) is 0 Å². The zero-order valence-corrected chi connectivity index (χ0v) is 15.5. The average molecular weight is 381 g/mol. The molecule has 140 valence electrons. The van der Waals surface area contributed by atoms with Crippen molar-refractivity contribution in [3.8, 4) is 0 Å². The molecule has 0 aliphatic carbocycles. The van der Waals surface area contributed by atoms with E-state index in [1.807, 2.05) is 36.4 Å². The van der Waals surface area contributed by atoms with E-state index < -0.39 is 5.41 Å². The standard InChI is InChI=1S/C23H15N3O3/c1-23(17-2-8-20(9-3-17)24-14-27,18-4-10-21(11-5-18)25-15-28)19-6-12-22(13-7-19)26-16-29/h2-13H,1H3. The summed E-state index contributed by atoms with van der Waals surface area (Å²) < 4.78 is 0. The first-order valence-electron chi connectivity index (χ1n) is 8.67. The summed E-state index contributed by atoms with van der Waals surface area (Å²) in [6, 6.07) is 21.8. The van der Waals surface area contributed by atoms with Gasteiger partial charge in [-0.3, -0.25) is 0 Å². The fourth-order valence-corrected chi connectivity index (χ4v) is 3.27. The molecule has 0 spiro atoms. The summed E-state index contributed by atoms with van der Waals surface area (Å²) in [4.78, 5) is 42.4. The molecule has 0 bridgehead atoms. The predicted molar refractivity (Wildman–Crippen MR) is 108 cm³/mol. The quantitative estimate of drug-likeness (QED) is 0.344. The second-order valence-corrected chi connectivity index (χ2v) is 6.37. The average Bonchev–Trinajstić information content (AvgIpc) is 2.75. The van der Waals surface area contributed by atoms with E-state index in [1.165, 1.54) is 18.2 Å². The number of nitrogens with zero attached hydrogens (tertiary/aromatic N) is 3. The van der Waals surface area contributed by atoms with Crippen molar-refractivity contribution in [2.45, 2.75) is 12.3 Å². The normalized spacial score (nSPS) is 11.9. The van der Waals surface area contributed by atoms with Crippen LogP contribution in [0.2, 0.25) is 0 Å². The molecule has 0 fully saturated rings. The molecule has 3 aromatic rings. The molecule has 0 amide bonds. The van der Waals surface area contributed by atoms with Crippen molar-refractivity contribution in [3.63, 3.8) is 0 Å². The summed E-state index contributed by atoms with van der Waals surface area (Å²) in [6.45, 7) is 2.06. The summed E-state index contributed by atoms with van der Waals surface area (Å²) in [5.74, 6) is 0. The Labute approximate surface area is 167 Å². The predicted octanol–water partition coefficient (Wildman–Crippen LogP) is 4.94. The molecule has 3 aromatic carbocycles. The number of hydrogen-bond acceptors (Lipinski definition) is 6. The highest BCUT2D eigenvalue weighted by molar-refractivity contribution is 5.58. The number of benzene rings is 3. The summed E-state index contributed by atoms with van der Waals surface area (Å²) in [6.07, 6.45) is 4.60. The molecular weight excluding hydrogens is 366 g/mol. The molecule has 0 saturated carbocycles. The van der Waals surface area contributed by atoms with Gasteiger partial charge in [-0.1, -0.05) is 36.4 Å². The van der Waals surface area contributed by atoms with Crippen molar-refractivity contribution in [1.29, 1.82) is 0 Å². The van der Waals surface area contributed by atoms with Crippen LogP contribution in [-0.2, 0) is 19.8 Å². The van der Waals surface area contributed by atoms with Gasteiger partial charge in [0, 0.05) is 5.41 Å². The maximum atomic E-state index is 10.5. The highest BCUT2D eigenvalue weighted by atomic mass is 16.1. The third kappa shape index (κ3) is 4.06. The van der Waals surface area contributed by atoms with Crippen LogP contribution >= 0.6 is 0 Å². The zero-order valence-electron chi connectivity index (χ0n) is 15.5. The minimum absolute atomic E-state index is 0.512. The zero-order chi connectivity index (χ0) is 20.7. The SMILES string of the molecule is CC(c1ccc(N=C=O)cc1)(c1ccc(N=C=O)cc1)c1ccc(N=C=O)cc1. The monoisotopic (exact) mass is 381 g/mol. The lowest BCUT2D eigenvalue weighted by Crippen LogP contribution is -2.25. The molecule has 0 unspecified atom stereocenters. The van der Waals surface area contributed by atoms with Crippen LogP contribution in [0.25, 0.3) is 0 Å². The van der Waals surface area contributed by atoms with E-state index in [-0.39, 0.29) is 0 Å². The Morgan fingerprint density at radius 3 is 0.966 bits per heavy atom. The van der Waals surface area contributed by atoms with Crippen molar-refractivity contribution in [2.24, 2.45) is 15.0 Å². The van der Waals surface area contributed by atoms with Crippen molar-refractivity contribution in [3.05, 3.63) is 89.5 Å². The second-order valence-electron chi connectivity index (χ2n) is 6.37. The first-order chi connectivity index (χ1) is 14.1. The number of carbonyl (C=O) groups excluding carboxylic acids is 3. The topological polar surface area (TPSA) is 88.3 Å². The van der Waals surface area contributed by atoms with E-state index in [2.05, 4.69) is 21.9 Å². The Morgan fingerprint density at radius 2 is 0.759 bits per heavy atom.